The van der Waals surface area contributed by atoms with Gasteiger partial charge in [-0.25, -0.2) is 17.5 Å². The van der Waals surface area contributed by atoms with E-state index in [2.05, 4.69) is 4.72 Å². The van der Waals surface area contributed by atoms with Crippen molar-refractivity contribution >= 4 is 21.6 Å². The van der Waals surface area contributed by atoms with E-state index < -0.39 is 10.0 Å². The molecule has 0 spiro atoms. The van der Waals surface area contributed by atoms with Crippen LogP contribution < -0.4 is 23.8 Å². The summed E-state index contributed by atoms with van der Waals surface area (Å²) < 4.78 is 58.1. The van der Waals surface area contributed by atoms with Crippen LogP contribution in [0.1, 0.15) is 5.56 Å². The summed E-state index contributed by atoms with van der Waals surface area (Å²) in [5.41, 5.74) is 1.43. The summed E-state index contributed by atoms with van der Waals surface area (Å²) in [7, 11) is -0.624. The smallest absolute Gasteiger partial charge is 0.260 e. The van der Waals surface area contributed by atoms with Crippen molar-refractivity contribution in [1.82, 2.24) is 9.62 Å². The maximum Gasteiger partial charge on any atom is 0.260 e. The third kappa shape index (κ3) is 7.18. The van der Waals surface area contributed by atoms with Gasteiger partial charge in [-0.15, -0.1) is 0 Å². The molecule has 9 nitrogen and oxygen atoms in total. The Kier molecular flexibility index (Phi) is 9.26. The maximum atomic E-state index is 14.0. The average molecular weight is 558 g/mol. The van der Waals surface area contributed by atoms with Crippen LogP contribution >= 0.6 is 0 Å². The molecule has 1 saturated heterocycles. The predicted molar refractivity (Wildman–Crippen MR) is 146 cm³/mol. The number of benzene rings is 3. The van der Waals surface area contributed by atoms with Gasteiger partial charge in [0.2, 0.25) is 10.0 Å². The Balaban J connectivity index is 1.23. The lowest BCUT2D eigenvalue weighted by molar-refractivity contribution is -0.133. The molecule has 1 N–H and O–H groups in total. The van der Waals surface area contributed by atoms with Crippen molar-refractivity contribution in [3.05, 3.63) is 78.1 Å². The molecule has 0 radical (unpaired) electrons. The minimum Gasteiger partial charge on any atom is -0.493 e. The van der Waals surface area contributed by atoms with Gasteiger partial charge in [-0.2, -0.15) is 0 Å². The predicted octanol–water partition coefficient (Wildman–Crippen LogP) is 3.09. The first kappa shape index (κ1) is 28.2. The quantitative estimate of drug-likeness (QED) is 0.387. The first-order chi connectivity index (χ1) is 18.8. The number of methoxy groups -OCH3 is 2. The molecule has 1 heterocycles. The molecule has 0 aromatic heterocycles. The van der Waals surface area contributed by atoms with Gasteiger partial charge in [-0.1, -0.05) is 18.2 Å². The van der Waals surface area contributed by atoms with Gasteiger partial charge >= 0.3 is 0 Å². The highest BCUT2D eigenvalue weighted by Gasteiger charge is 2.23. The topological polar surface area (TPSA) is 97.4 Å². The molecule has 208 valence electrons. The standard InChI is InChI=1S/C28H32FN3O6S/c1-36-26-12-7-21(19-27(26)37-2)13-14-30-39(34,35)23-10-8-22(9-11-23)38-20-28(33)32-17-15-31(16-18-32)25-6-4-3-5-24(25)29/h3-12,19,30H,13-18,20H2,1-2H3. The van der Waals surface area contributed by atoms with Crippen molar-refractivity contribution in [2.45, 2.75) is 11.3 Å². The second-order valence-corrected chi connectivity index (χ2v) is 10.7. The van der Waals surface area contributed by atoms with Gasteiger partial charge in [0.1, 0.15) is 11.6 Å². The highest BCUT2D eigenvalue weighted by Crippen LogP contribution is 2.27. The van der Waals surface area contributed by atoms with Crippen molar-refractivity contribution in [3.8, 4) is 17.2 Å². The van der Waals surface area contributed by atoms with Gasteiger partial charge in [-0.05, 0) is 60.5 Å². The first-order valence-electron chi connectivity index (χ1n) is 12.5. The Bertz CT molecular complexity index is 1380. The summed E-state index contributed by atoms with van der Waals surface area (Å²) in [5.74, 6) is 1.11. The van der Waals surface area contributed by atoms with Gasteiger partial charge in [0, 0.05) is 32.7 Å². The van der Waals surface area contributed by atoms with Gasteiger partial charge in [-0.3, -0.25) is 4.79 Å². The molecule has 0 saturated carbocycles. The number of sulfonamides is 1. The van der Waals surface area contributed by atoms with Crippen molar-refractivity contribution < 1.29 is 31.8 Å². The zero-order valence-electron chi connectivity index (χ0n) is 21.9. The molecule has 39 heavy (non-hydrogen) atoms. The zero-order chi connectivity index (χ0) is 27.8. The highest BCUT2D eigenvalue weighted by atomic mass is 32.2. The van der Waals surface area contributed by atoms with E-state index >= 15 is 0 Å². The Morgan fingerprint density at radius 3 is 2.28 bits per heavy atom. The number of nitrogens with one attached hydrogen (secondary N) is 1. The van der Waals surface area contributed by atoms with Crippen LogP contribution in [0.15, 0.2) is 71.6 Å². The van der Waals surface area contributed by atoms with Crippen LogP contribution in [0.5, 0.6) is 17.2 Å². The lowest BCUT2D eigenvalue weighted by Gasteiger charge is -2.36. The van der Waals surface area contributed by atoms with Gasteiger partial charge < -0.3 is 24.0 Å². The number of hydrogen-bond acceptors (Lipinski definition) is 7. The number of rotatable bonds is 11. The monoisotopic (exact) mass is 557 g/mol. The van der Waals surface area contributed by atoms with E-state index in [-0.39, 0.29) is 29.8 Å². The molecule has 3 aromatic carbocycles. The second-order valence-electron chi connectivity index (χ2n) is 8.92. The number of carbonyl (C=O) groups is 1. The van der Waals surface area contributed by atoms with E-state index in [4.69, 9.17) is 14.2 Å². The number of para-hydroxylation sites is 1. The SMILES string of the molecule is COc1ccc(CCNS(=O)(=O)c2ccc(OCC(=O)N3CCN(c4ccccc4F)CC3)cc2)cc1OC. The number of hydrogen-bond donors (Lipinski definition) is 1. The molecule has 3 aromatic rings. The number of carbonyl (C=O) groups excluding carboxylic acids is 1. The summed E-state index contributed by atoms with van der Waals surface area (Å²) >= 11 is 0. The number of amides is 1. The van der Waals surface area contributed by atoms with Crippen molar-refractivity contribution in [2.24, 2.45) is 0 Å². The van der Waals surface area contributed by atoms with Crippen LogP contribution in [0.3, 0.4) is 0 Å². The molecule has 0 bridgehead atoms. The molecule has 11 heteroatoms. The first-order valence-corrected chi connectivity index (χ1v) is 14.0. The summed E-state index contributed by atoms with van der Waals surface area (Å²) in [4.78, 5) is 16.3. The molecule has 1 aliphatic rings. The maximum absolute atomic E-state index is 14.0. The fourth-order valence-electron chi connectivity index (χ4n) is 4.31. The Morgan fingerprint density at radius 2 is 1.62 bits per heavy atom. The van der Waals surface area contributed by atoms with Crippen LogP contribution in [0, 0.1) is 5.82 Å². The number of ether oxygens (including phenoxy) is 3. The second kappa shape index (κ2) is 12.8. The summed E-state index contributed by atoms with van der Waals surface area (Å²) in [6, 6.07) is 17.9. The number of anilines is 1. The van der Waals surface area contributed by atoms with E-state index in [1.165, 1.54) is 30.3 Å². The van der Waals surface area contributed by atoms with E-state index in [9.17, 15) is 17.6 Å². The van der Waals surface area contributed by atoms with E-state index in [1.54, 1.807) is 43.4 Å². The Labute approximate surface area is 228 Å². The van der Waals surface area contributed by atoms with Gasteiger partial charge in [0.05, 0.1) is 24.8 Å². The van der Waals surface area contributed by atoms with Crippen LogP contribution in [-0.4, -0.2) is 72.8 Å². The highest BCUT2D eigenvalue weighted by molar-refractivity contribution is 7.89. The third-order valence-electron chi connectivity index (χ3n) is 6.48. The number of nitrogens with zero attached hydrogens (tertiary/aromatic N) is 2. The molecule has 0 aliphatic carbocycles. The van der Waals surface area contributed by atoms with Crippen LogP contribution in [0.25, 0.3) is 0 Å². The number of halogens is 1. The van der Waals surface area contributed by atoms with E-state index in [0.717, 1.165) is 5.56 Å². The van der Waals surface area contributed by atoms with Crippen molar-refractivity contribution in [2.75, 3.05) is 58.5 Å². The van der Waals surface area contributed by atoms with Crippen LogP contribution in [0.2, 0.25) is 0 Å². The molecule has 1 aliphatic heterocycles. The molecule has 1 amide bonds. The van der Waals surface area contributed by atoms with Crippen molar-refractivity contribution in [3.63, 3.8) is 0 Å². The fraction of sp³-hybridized carbons (Fsp3) is 0.321. The van der Waals surface area contributed by atoms with E-state index in [0.29, 0.717) is 55.5 Å². The Morgan fingerprint density at radius 1 is 0.923 bits per heavy atom. The van der Waals surface area contributed by atoms with Crippen LogP contribution in [0.4, 0.5) is 10.1 Å². The molecule has 0 unspecified atom stereocenters. The van der Waals surface area contributed by atoms with Gasteiger partial charge in [0.15, 0.2) is 18.1 Å². The minimum atomic E-state index is -3.72. The third-order valence-corrected chi connectivity index (χ3v) is 7.95. The average Bonchev–Trinajstić information content (AvgIpc) is 2.96. The normalized spacial score (nSPS) is 13.7. The summed E-state index contributed by atoms with van der Waals surface area (Å²) in [5, 5.41) is 0. The lowest BCUT2D eigenvalue weighted by atomic mass is 10.1. The van der Waals surface area contributed by atoms with Gasteiger partial charge in [0.25, 0.3) is 5.91 Å². The number of piperazine rings is 1. The molecular weight excluding hydrogens is 525 g/mol. The molecule has 1 fully saturated rings. The fourth-order valence-corrected chi connectivity index (χ4v) is 5.34. The van der Waals surface area contributed by atoms with Crippen LogP contribution in [-0.2, 0) is 21.2 Å². The summed E-state index contributed by atoms with van der Waals surface area (Å²) in [6.45, 7) is 2.01. The van der Waals surface area contributed by atoms with Crippen molar-refractivity contribution in [1.29, 1.82) is 0 Å². The molecule has 0 atom stereocenters. The minimum absolute atomic E-state index is 0.0951. The summed E-state index contributed by atoms with van der Waals surface area (Å²) in [6.07, 6.45) is 0.470. The lowest BCUT2D eigenvalue weighted by Crippen LogP contribution is -2.50. The largest absolute Gasteiger partial charge is 0.493 e. The molecular formula is C28H32FN3O6S. The Hall–Kier alpha value is -3.83. The zero-order valence-corrected chi connectivity index (χ0v) is 22.7. The van der Waals surface area contributed by atoms with E-state index in [1.807, 2.05) is 17.0 Å². The molecule has 4 rings (SSSR count).